The molecule has 6 nitrogen and oxygen atoms in total. The van der Waals surface area contributed by atoms with Gasteiger partial charge in [-0.2, -0.15) is 4.98 Å². The molecule has 0 saturated carbocycles. The maximum absolute atomic E-state index is 12.0. The minimum atomic E-state index is -0.400. The molecule has 2 rings (SSSR count). The summed E-state index contributed by atoms with van der Waals surface area (Å²) in [4.78, 5) is 16.0. The topological polar surface area (TPSA) is 96.7 Å². The number of carbonyl (C=O) groups is 1. The number of H-pyrrole nitrogens is 1. The molecule has 0 unspecified atom stereocenters. The standard InChI is InChI=1S/C11H11Cl2N5OS/c1-5(20-11-16-10(14)17-18-11)9(19)15-8-3-6(12)2-7(13)4-8/h2-5H,1H3,(H,15,19)(H3,14,16,17,18)/t5-/m1/s1. The predicted molar refractivity (Wildman–Crippen MR) is 81.2 cm³/mol. The molecule has 0 saturated heterocycles. The Kier molecular flexibility index (Phi) is 4.74. The van der Waals surface area contributed by atoms with Gasteiger partial charge < -0.3 is 11.1 Å². The van der Waals surface area contributed by atoms with Crippen molar-refractivity contribution in [2.75, 3.05) is 11.1 Å². The van der Waals surface area contributed by atoms with E-state index in [1.807, 2.05) is 0 Å². The van der Waals surface area contributed by atoms with Gasteiger partial charge in [-0.25, -0.2) is 5.10 Å². The molecule has 0 radical (unpaired) electrons. The molecule has 0 aliphatic rings. The van der Waals surface area contributed by atoms with E-state index in [9.17, 15) is 4.79 Å². The van der Waals surface area contributed by atoms with Gasteiger partial charge in [-0.3, -0.25) is 4.79 Å². The summed E-state index contributed by atoms with van der Waals surface area (Å²) in [5.41, 5.74) is 5.95. The molecule has 20 heavy (non-hydrogen) atoms. The Balaban J connectivity index is 2.00. The molecule has 106 valence electrons. The summed E-state index contributed by atoms with van der Waals surface area (Å²) in [6, 6.07) is 4.83. The Morgan fingerprint density at radius 3 is 2.60 bits per heavy atom. The van der Waals surface area contributed by atoms with Crippen molar-refractivity contribution in [2.24, 2.45) is 0 Å². The fourth-order valence-corrected chi connectivity index (χ4v) is 2.65. The first-order chi connectivity index (χ1) is 9.44. The molecule has 1 amide bonds. The lowest BCUT2D eigenvalue weighted by Gasteiger charge is -2.10. The smallest absolute Gasteiger partial charge is 0.237 e. The highest BCUT2D eigenvalue weighted by Gasteiger charge is 2.17. The van der Waals surface area contributed by atoms with E-state index in [-0.39, 0.29) is 11.9 Å². The number of anilines is 2. The number of nitrogens with zero attached hydrogens (tertiary/aromatic N) is 2. The Bertz CT molecular complexity index is 613. The van der Waals surface area contributed by atoms with Crippen LogP contribution in [0.25, 0.3) is 0 Å². The van der Waals surface area contributed by atoms with Gasteiger partial charge in [0.1, 0.15) is 0 Å². The number of rotatable bonds is 4. The Hall–Kier alpha value is -1.44. The van der Waals surface area contributed by atoms with Crippen molar-refractivity contribution < 1.29 is 4.79 Å². The number of thioether (sulfide) groups is 1. The first-order valence-electron chi connectivity index (χ1n) is 5.55. The van der Waals surface area contributed by atoms with E-state index in [1.54, 1.807) is 25.1 Å². The lowest BCUT2D eigenvalue weighted by atomic mass is 10.3. The van der Waals surface area contributed by atoms with Crippen LogP contribution in [0.5, 0.6) is 0 Å². The van der Waals surface area contributed by atoms with E-state index in [1.165, 1.54) is 11.8 Å². The Morgan fingerprint density at radius 1 is 1.40 bits per heavy atom. The third kappa shape index (κ3) is 4.03. The number of benzene rings is 1. The van der Waals surface area contributed by atoms with Crippen molar-refractivity contribution >= 4 is 52.5 Å². The maximum Gasteiger partial charge on any atom is 0.237 e. The second-order valence-corrected chi connectivity index (χ2v) is 6.09. The number of nitrogen functional groups attached to an aromatic ring is 1. The van der Waals surface area contributed by atoms with E-state index in [0.717, 1.165) is 0 Å². The van der Waals surface area contributed by atoms with Gasteiger partial charge >= 0.3 is 0 Å². The van der Waals surface area contributed by atoms with Crippen LogP contribution in [0.2, 0.25) is 10.0 Å². The number of amides is 1. The molecule has 1 heterocycles. The zero-order valence-electron chi connectivity index (χ0n) is 10.4. The van der Waals surface area contributed by atoms with E-state index < -0.39 is 5.25 Å². The fraction of sp³-hybridized carbons (Fsp3) is 0.182. The first-order valence-corrected chi connectivity index (χ1v) is 7.19. The summed E-state index contributed by atoms with van der Waals surface area (Å²) >= 11 is 12.9. The second kappa shape index (κ2) is 6.34. The Morgan fingerprint density at radius 2 is 2.05 bits per heavy atom. The maximum atomic E-state index is 12.0. The summed E-state index contributed by atoms with van der Waals surface area (Å²) in [6.07, 6.45) is 0. The first kappa shape index (κ1) is 15.0. The van der Waals surface area contributed by atoms with Crippen LogP contribution in [0.15, 0.2) is 23.4 Å². The number of nitrogens with one attached hydrogen (secondary N) is 2. The SMILES string of the molecule is C[C@@H](Sc1n[nH]c(N)n1)C(=O)Nc1cc(Cl)cc(Cl)c1. The number of carbonyl (C=O) groups excluding carboxylic acids is 1. The molecule has 2 aromatic rings. The van der Waals surface area contributed by atoms with Crippen molar-refractivity contribution in [1.29, 1.82) is 0 Å². The van der Waals surface area contributed by atoms with Crippen LogP contribution in [-0.2, 0) is 4.79 Å². The molecule has 0 aliphatic heterocycles. The molecule has 1 aromatic heterocycles. The highest BCUT2D eigenvalue weighted by Crippen LogP contribution is 2.24. The van der Waals surface area contributed by atoms with Crippen molar-refractivity contribution in [3.05, 3.63) is 28.2 Å². The molecule has 0 fully saturated rings. The van der Waals surface area contributed by atoms with Crippen LogP contribution in [0.3, 0.4) is 0 Å². The van der Waals surface area contributed by atoms with Gasteiger partial charge in [-0.1, -0.05) is 35.0 Å². The molecule has 0 aliphatic carbocycles. The second-order valence-electron chi connectivity index (χ2n) is 3.91. The number of aromatic amines is 1. The van der Waals surface area contributed by atoms with E-state index in [2.05, 4.69) is 20.5 Å². The van der Waals surface area contributed by atoms with Gasteiger partial charge in [-0.05, 0) is 25.1 Å². The zero-order chi connectivity index (χ0) is 14.7. The normalized spacial score (nSPS) is 12.2. The summed E-state index contributed by atoms with van der Waals surface area (Å²) in [7, 11) is 0. The van der Waals surface area contributed by atoms with Crippen LogP contribution < -0.4 is 11.1 Å². The summed E-state index contributed by atoms with van der Waals surface area (Å²) in [6.45, 7) is 1.73. The Labute approximate surface area is 129 Å². The van der Waals surface area contributed by atoms with Gasteiger partial charge in [0.15, 0.2) is 0 Å². The van der Waals surface area contributed by atoms with E-state index >= 15 is 0 Å². The van der Waals surface area contributed by atoms with Crippen LogP contribution >= 0.6 is 35.0 Å². The molecule has 0 bridgehead atoms. The van der Waals surface area contributed by atoms with Crippen LogP contribution in [0.1, 0.15) is 6.92 Å². The summed E-state index contributed by atoms with van der Waals surface area (Å²) in [5, 5.41) is 10.0. The summed E-state index contributed by atoms with van der Waals surface area (Å²) < 4.78 is 0. The van der Waals surface area contributed by atoms with Gasteiger partial charge in [0, 0.05) is 15.7 Å². The summed E-state index contributed by atoms with van der Waals surface area (Å²) in [5.74, 6) is -0.00145. The van der Waals surface area contributed by atoms with Crippen LogP contribution in [-0.4, -0.2) is 26.3 Å². The quantitative estimate of drug-likeness (QED) is 0.748. The highest BCUT2D eigenvalue weighted by molar-refractivity contribution is 8.00. The lowest BCUT2D eigenvalue weighted by molar-refractivity contribution is -0.115. The third-order valence-corrected chi connectivity index (χ3v) is 3.66. The van der Waals surface area contributed by atoms with E-state index in [4.69, 9.17) is 28.9 Å². The van der Waals surface area contributed by atoms with Crippen molar-refractivity contribution in [2.45, 2.75) is 17.3 Å². The minimum absolute atomic E-state index is 0.210. The van der Waals surface area contributed by atoms with Gasteiger partial charge in [0.25, 0.3) is 0 Å². The number of hydrogen-bond acceptors (Lipinski definition) is 5. The molecule has 1 aromatic carbocycles. The molecular formula is C11H11Cl2N5OS. The van der Waals surface area contributed by atoms with E-state index in [0.29, 0.717) is 20.9 Å². The number of nitrogens with two attached hydrogens (primary N) is 1. The molecular weight excluding hydrogens is 321 g/mol. The van der Waals surface area contributed by atoms with Crippen molar-refractivity contribution in [1.82, 2.24) is 15.2 Å². The largest absolute Gasteiger partial charge is 0.368 e. The number of halogens is 2. The van der Waals surface area contributed by atoms with Crippen molar-refractivity contribution in [3.63, 3.8) is 0 Å². The molecule has 4 N–H and O–H groups in total. The van der Waals surface area contributed by atoms with Crippen LogP contribution in [0, 0.1) is 0 Å². The van der Waals surface area contributed by atoms with Crippen molar-refractivity contribution in [3.8, 4) is 0 Å². The highest BCUT2D eigenvalue weighted by atomic mass is 35.5. The monoisotopic (exact) mass is 331 g/mol. The molecule has 0 spiro atoms. The van der Waals surface area contributed by atoms with Gasteiger partial charge in [-0.15, -0.1) is 5.10 Å². The number of hydrogen-bond donors (Lipinski definition) is 3. The molecule has 9 heteroatoms. The third-order valence-electron chi connectivity index (χ3n) is 2.26. The van der Waals surface area contributed by atoms with Crippen LogP contribution in [0.4, 0.5) is 11.6 Å². The minimum Gasteiger partial charge on any atom is -0.368 e. The zero-order valence-corrected chi connectivity index (χ0v) is 12.7. The lowest BCUT2D eigenvalue weighted by Crippen LogP contribution is -2.22. The fourth-order valence-electron chi connectivity index (χ4n) is 1.39. The van der Waals surface area contributed by atoms with Gasteiger partial charge in [0.2, 0.25) is 17.0 Å². The molecule has 1 atom stereocenters. The number of aromatic nitrogens is 3. The predicted octanol–water partition coefficient (Wildman–Crippen LogP) is 2.81. The average molecular weight is 332 g/mol. The average Bonchev–Trinajstić information content (AvgIpc) is 2.73. The van der Waals surface area contributed by atoms with Gasteiger partial charge in [0.05, 0.1) is 5.25 Å².